The predicted octanol–water partition coefficient (Wildman–Crippen LogP) is 2.85. The molecule has 0 bridgehead atoms. The van der Waals surface area contributed by atoms with E-state index in [0.717, 1.165) is 18.7 Å². The molecule has 1 saturated carbocycles. The van der Waals surface area contributed by atoms with Gasteiger partial charge in [0.2, 0.25) is 0 Å². The number of nitrogens with one attached hydrogen (secondary N) is 1. The van der Waals surface area contributed by atoms with Gasteiger partial charge in [0.1, 0.15) is 0 Å². The summed E-state index contributed by atoms with van der Waals surface area (Å²) in [6, 6.07) is 7.50. The van der Waals surface area contributed by atoms with E-state index in [9.17, 15) is 8.42 Å². The van der Waals surface area contributed by atoms with Crippen LogP contribution in [-0.2, 0) is 14.6 Å². The summed E-state index contributed by atoms with van der Waals surface area (Å²) in [7, 11) is -3.12. The van der Waals surface area contributed by atoms with Gasteiger partial charge in [0.05, 0.1) is 22.8 Å². The molecule has 1 aliphatic carbocycles. The molecule has 1 N–H and O–H groups in total. The van der Waals surface area contributed by atoms with Crippen molar-refractivity contribution < 1.29 is 13.2 Å². The van der Waals surface area contributed by atoms with Crippen molar-refractivity contribution in [3.05, 3.63) is 24.3 Å². The Hall–Kier alpha value is -1.07. The number of hydrogen-bond acceptors (Lipinski definition) is 4. The van der Waals surface area contributed by atoms with Crippen LogP contribution in [0, 0.1) is 5.92 Å². The first-order valence-corrected chi connectivity index (χ1v) is 9.46. The summed E-state index contributed by atoms with van der Waals surface area (Å²) in [5, 5.41) is 3.50. The van der Waals surface area contributed by atoms with Gasteiger partial charge in [-0.25, -0.2) is 8.42 Å². The number of benzene rings is 1. The van der Waals surface area contributed by atoms with E-state index in [1.165, 1.54) is 12.8 Å². The number of ether oxygens (including phenoxy) is 1. The van der Waals surface area contributed by atoms with E-state index in [1.54, 1.807) is 12.1 Å². The predicted molar refractivity (Wildman–Crippen MR) is 83.3 cm³/mol. The maximum atomic E-state index is 12.0. The lowest BCUT2D eigenvalue weighted by atomic mass is 10.1. The summed E-state index contributed by atoms with van der Waals surface area (Å²) < 4.78 is 29.8. The van der Waals surface area contributed by atoms with E-state index in [2.05, 4.69) is 5.32 Å². The fourth-order valence-corrected chi connectivity index (χ4v) is 4.34. The van der Waals surface area contributed by atoms with Crippen molar-refractivity contribution in [1.82, 2.24) is 0 Å². The molecule has 2 unspecified atom stereocenters. The lowest BCUT2D eigenvalue weighted by Gasteiger charge is -2.20. The third-order valence-electron chi connectivity index (χ3n) is 4.26. The monoisotopic (exact) mass is 309 g/mol. The van der Waals surface area contributed by atoms with Gasteiger partial charge in [-0.2, -0.15) is 0 Å². The van der Waals surface area contributed by atoms with Crippen molar-refractivity contribution in [2.75, 3.05) is 17.7 Å². The lowest BCUT2D eigenvalue weighted by Crippen LogP contribution is -2.30. The first-order valence-electron chi connectivity index (χ1n) is 7.81. The highest BCUT2D eigenvalue weighted by atomic mass is 32.2. The number of rotatable bonds is 6. The fourth-order valence-electron chi connectivity index (χ4n) is 3.01. The minimum atomic E-state index is -3.12. The topological polar surface area (TPSA) is 55.4 Å². The van der Waals surface area contributed by atoms with Crippen LogP contribution in [0.5, 0.6) is 0 Å². The van der Waals surface area contributed by atoms with Crippen molar-refractivity contribution in [1.29, 1.82) is 0 Å². The summed E-state index contributed by atoms with van der Waals surface area (Å²) in [5.41, 5.74) is 0.978. The molecule has 2 fully saturated rings. The van der Waals surface area contributed by atoms with Crippen LogP contribution in [0.3, 0.4) is 0 Å². The minimum absolute atomic E-state index is 0.208. The number of hydrogen-bond donors (Lipinski definition) is 1. The minimum Gasteiger partial charge on any atom is -0.380 e. The third-order valence-corrected chi connectivity index (χ3v) is 6.20. The van der Waals surface area contributed by atoms with Gasteiger partial charge in [-0.05, 0) is 55.9 Å². The lowest BCUT2D eigenvalue weighted by molar-refractivity contribution is 0.0898. The Morgan fingerprint density at radius 1 is 1.19 bits per heavy atom. The highest BCUT2D eigenvalue weighted by molar-refractivity contribution is 7.91. The molecule has 0 spiro atoms. The molecular weight excluding hydrogens is 286 g/mol. The standard InChI is InChI=1S/C16H23NO3S/c1-2-11-21(18,19)14-7-5-13(6-8-14)17-15-9-10-20-16(15)12-3-4-12/h5-8,12,15-17H,2-4,9-11H2,1H3. The van der Waals surface area contributed by atoms with Gasteiger partial charge in [-0.1, -0.05) is 6.92 Å². The Bertz CT molecular complexity index is 578. The van der Waals surface area contributed by atoms with E-state index in [-0.39, 0.29) is 5.75 Å². The van der Waals surface area contributed by atoms with Crippen LogP contribution in [0.15, 0.2) is 29.2 Å². The largest absolute Gasteiger partial charge is 0.380 e. The maximum Gasteiger partial charge on any atom is 0.178 e. The van der Waals surface area contributed by atoms with Crippen molar-refractivity contribution in [2.24, 2.45) is 5.92 Å². The zero-order valence-electron chi connectivity index (χ0n) is 12.4. The quantitative estimate of drug-likeness (QED) is 0.878. The average molecular weight is 309 g/mol. The summed E-state index contributed by atoms with van der Waals surface area (Å²) >= 11 is 0. The van der Waals surface area contributed by atoms with Gasteiger partial charge in [-0.15, -0.1) is 0 Å². The summed E-state index contributed by atoms with van der Waals surface area (Å²) in [4.78, 5) is 0.413. The highest BCUT2D eigenvalue weighted by Gasteiger charge is 2.40. The zero-order chi connectivity index (χ0) is 14.9. The Labute approximate surface area is 126 Å². The molecule has 5 heteroatoms. The van der Waals surface area contributed by atoms with E-state index in [1.807, 2.05) is 19.1 Å². The van der Waals surface area contributed by atoms with Crippen LogP contribution in [-0.4, -0.2) is 32.9 Å². The van der Waals surface area contributed by atoms with Gasteiger partial charge in [-0.3, -0.25) is 0 Å². The molecule has 2 aliphatic rings. The van der Waals surface area contributed by atoms with E-state index < -0.39 is 9.84 Å². The smallest absolute Gasteiger partial charge is 0.178 e. The van der Waals surface area contributed by atoms with Crippen LogP contribution in [0.25, 0.3) is 0 Å². The molecule has 1 aromatic rings. The van der Waals surface area contributed by atoms with E-state index in [4.69, 9.17) is 4.74 Å². The first-order chi connectivity index (χ1) is 10.1. The van der Waals surface area contributed by atoms with E-state index >= 15 is 0 Å². The van der Waals surface area contributed by atoms with Crippen molar-refractivity contribution >= 4 is 15.5 Å². The second kappa shape index (κ2) is 5.97. The highest BCUT2D eigenvalue weighted by Crippen LogP contribution is 2.39. The van der Waals surface area contributed by atoms with Crippen LogP contribution in [0.2, 0.25) is 0 Å². The van der Waals surface area contributed by atoms with Crippen molar-refractivity contribution in [2.45, 2.75) is 49.6 Å². The molecule has 0 radical (unpaired) electrons. The summed E-state index contributed by atoms with van der Waals surface area (Å²) in [5.74, 6) is 0.925. The Kier molecular flexibility index (Phi) is 4.22. The summed E-state index contributed by atoms with van der Waals surface area (Å²) in [6.45, 7) is 2.70. The molecule has 21 heavy (non-hydrogen) atoms. The van der Waals surface area contributed by atoms with Crippen LogP contribution in [0.4, 0.5) is 5.69 Å². The van der Waals surface area contributed by atoms with Crippen molar-refractivity contribution in [3.8, 4) is 0 Å². The Morgan fingerprint density at radius 2 is 1.90 bits per heavy atom. The maximum absolute atomic E-state index is 12.0. The van der Waals surface area contributed by atoms with Crippen LogP contribution < -0.4 is 5.32 Å². The molecule has 1 aliphatic heterocycles. The molecule has 2 atom stereocenters. The molecule has 116 valence electrons. The molecule has 4 nitrogen and oxygen atoms in total. The third kappa shape index (κ3) is 3.40. The van der Waals surface area contributed by atoms with Gasteiger partial charge < -0.3 is 10.1 Å². The van der Waals surface area contributed by atoms with Gasteiger partial charge in [0.15, 0.2) is 9.84 Å². The Balaban J connectivity index is 1.67. The average Bonchev–Trinajstić information content (AvgIpc) is 3.20. The first kappa shape index (κ1) is 14.9. The number of sulfone groups is 1. The second-order valence-corrected chi connectivity index (χ2v) is 8.16. The fraction of sp³-hybridized carbons (Fsp3) is 0.625. The Morgan fingerprint density at radius 3 is 2.52 bits per heavy atom. The number of anilines is 1. The molecular formula is C16H23NO3S. The van der Waals surface area contributed by atoms with Crippen LogP contribution in [0.1, 0.15) is 32.6 Å². The molecule has 0 aromatic heterocycles. The van der Waals surface area contributed by atoms with Crippen molar-refractivity contribution in [3.63, 3.8) is 0 Å². The molecule has 1 saturated heterocycles. The normalized spacial score (nSPS) is 26.0. The zero-order valence-corrected chi connectivity index (χ0v) is 13.2. The van der Waals surface area contributed by atoms with Gasteiger partial charge >= 0.3 is 0 Å². The second-order valence-electron chi connectivity index (χ2n) is 6.06. The molecule has 1 aromatic carbocycles. The summed E-state index contributed by atoms with van der Waals surface area (Å²) in [6.07, 6.45) is 4.55. The molecule has 3 rings (SSSR count). The SMILES string of the molecule is CCCS(=O)(=O)c1ccc(NC2CCOC2C2CC2)cc1. The van der Waals surface area contributed by atoms with Gasteiger partial charge in [0, 0.05) is 12.3 Å². The molecule has 1 heterocycles. The molecule has 0 amide bonds. The van der Waals surface area contributed by atoms with E-state index in [0.29, 0.717) is 29.4 Å². The van der Waals surface area contributed by atoms with Gasteiger partial charge in [0.25, 0.3) is 0 Å². The van der Waals surface area contributed by atoms with Crippen LogP contribution >= 0.6 is 0 Å².